The molecule has 1 aliphatic rings. The summed E-state index contributed by atoms with van der Waals surface area (Å²) in [5, 5.41) is 14.0. The summed E-state index contributed by atoms with van der Waals surface area (Å²) in [6.45, 7) is 1.81. The molecule has 0 radical (unpaired) electrons. The van der Waals surface area contributed by atoms with Crippen molar-refractivity contribution in [2.45, 2.75) is 12.6 Å². The van der Waals surface area contributed by atoms with Gasteiger partial charge in [-0.05, 0) is 19.1 Å². The molecule has 6 nitrogen and oxygen atoms in total. The fraction of sp³-hybridized carbons (Fsp3) is 0.154. The normalized spacial score (nSPS) is 20.3. The van der Waals surface area contributed by atoms with Gasteiger partial charge in [0.15, 0.2) is 11.6 Å². The number of nitro benzene ring substituents is 1. The fourth-order valence-corrected chi connectivity index (χ4v) is 2.09. The lowest BCUT2D eigenvalue weighted by molar-refractivity contribution is -0.385. The van der Waals surface area contributed by atoms with Crippen LogP contribution in [0.3, 0.4) is 0 Å². The lowest BCUT2D eigenvalue weighted by Gasteiger charge is -2.24. The molecule has 0 fully saturated rings. The van der Waals surface area contributed by atoms with Gasteiger partial charge < -0.3 is 10.1 Å². The minimum absolute atomic E-state index is 0.0352. The van der Waals surface area contributed by atoms with Crippen LogP contribution in [-0.2, 0) is 5.72 Å². The molecule has 19 heavy (non-hydrogen) atoms. The molecular formula is C13H11N3O3. The van der Waals surface area contributed by atoms with E-state index in [9.17, 15) is 10.1 Å². The van der Waals surface area contributed by atoms with Crippen molar-refractivity contribution in [2.24, 2.45) is 0 Å². The van der Waals surface area contributed by atoms with Gasteiger partial charge in [0, 0.05) is 23.9 Å². The van der Waals surface area contributed by atoms with Gasteiger partial charge in [-0.3, -0.25) is 10.1 Å². The van der Waals surface area contributed by atoms with Gasteiger partial charge in [0.05, 0.1) is 4.92 Å². The Bertz CT molecular complexity index is 632. The number of fused-ring (bicyclic) bond motifs is 1. The molecule has 1 unspecified atom stereocenters. The van der Waals surface area contributed by atoms with E-state index in [4.69, 9.17) is 4.74 Å². The molecule has 0 aliphatic carbocycles. The number of aromatic nitrogens is 1. The number of hydrogen-bond donors (Lipinski definition) is 1. The van der Waals surface area contributed by atoms with Crippen LogP contribution in [0, 0.1) is 10.1 Å². The average Bonchev–Trinajstić information content (AvgIpc) is 2.76. The molecule has 1 atom stereocenters. The summed E-state index contributed by atoms with van der Waals surface area (Å²) in [4.78, 5) is 14.6. The highest BCUT2D eigenvalue weighted by Gasteiger charge is 2.37. The van der Waals surface area contributed by atoms with E-state index in [0.29, 0.717) is 17.1 Å². The summed E-state index contributed by atoms with van der Waals surface area (Å²) in [5.41, 5.74) is -0.129. The zero-order valence-corrected chi connectivity index (χ0v) is 10.2. The molecule has 1 aromatic carbocycles. The first-order valence-electron chi connectivity index (χ1n) is 5.76. The van der Waals surface area contributed by atoms with Crippen molar-refractivity contribution in [3.63, 3.8) is 0 Å². The first-order chi connectivity index (χ1) is 9.08. The molecule has 1 aromatic heterocycles. The lowest BCUT2D eigenvalue weighted by atomic mass is 10.0. The molecule has 96 valence electrons. The van der Waals surface area contributed by atoms with Gasteiger partial charge in [-0.2, -0.15) is 0 Å². The average molecular weight is 257 g/mol. The van der Waals surface area contributed by atoms with Crippen LogP contribution in [0.2, 0.25) is 0 Å². The molecule has 2 heterocycles. The van der Waals surface area contributed by atoms with Crippen molar-refractivity contribution in [2.75, 3.05) is 5.32 Å². The highest BCUT2D eigenvalue weighted by molar-refractivity contribution is 5.57. The Morgan fingerprint density at radius 3 is 2.95 bits per heavy atom. The van der Waals surface area contributed by atoms with E-state index in [-0.39, 0.29) is 5.69 Å². The number of nitrogens with one attached hydrogen (secondary N) is 1. The first-order valence-corrected chi connectivity index (χ1v) is 5.76. The van der Waals surface area contributed by atoms with Crippen molar-refractivity contribution >= 4 is 11.5 Å². The zero-order valence-electron chi connectivity index (χ0n) is 10.2. The van der Waals surface area contributed by atoms with Gasteiger partial charge in [-0.25, -0.2) is 4.98 Å². The highest BCUT2D eigenvalue weighted by atomic mass is 16.6. The number of nitrogens with zero attached hydrogens (tertiary/aromatic N) is 2. The van der Waals surface area contributed by atoms with Crippen LogP contribution < -0.4 is 10.1 Å². The van der Waals surface area contributed by atoms with Crippen molar-refractivity contribution in [1.29, 1.82) is 0 Å². The Morgan fingerprint density at radius 2 is 2.21 bits per heavy atom. The van der Waals surface area contributed by atoms with Crippen molar-refractivity contribution in [1.82, 2.24) is 4.98 Å². The summed E-state index contributed by atoms with van der Waals surface area (Å²) >= 11 is 0. The van der Waals surface area contributed by atoms with Gasteiger partial charge in [0.25, 0.3) is 5.69 Å². The largest absolute Gasteiger partial charge is 0.460 e. The van der Waals surface area contributed by atoms with E-state index in [1.54, 1.807) is 30.5 Å². The highest BCUT2D eigenvalue weighted by Crippen LogP contribution is 2.40. The second-order valence-electron chi connectivity index (χ2n) is 4.42. The maximum Gasteiger partial charge on any atom is 0.269 e. The maximum atomic E-state index is 10.8. The smallest absolute Gasteiger partial charge is 0.269 e. The molecule has 1 N–H and O–H groups in total. The van der Waals surface area contributed by atoms with Crippen LogP contribution in [0.5, 0.6) is 5.75 Å². The number of pyridine rings is 1. The third kappa shape index (κ3) is 1.87. The Labute approximate surface area is 109 Å². The second-order valence-corrected chi connectivity index (χ2v) is 4.42. The zero-order chi connectivity index (χ0) is 13.5. The van der Waals surface area contributed by atoms with E-state index >= 15 is 0 Å². The quantitative estimate of drug-likeness (QED) is 0.661. The number of ether oxygens (including phenoxy) is 1. The van der Waals surface area contributed by atoms with Crippen molar-refractivity contribution in [3.05, 3.63) is 58.3 Å². The van der Waals surface area contributed by atoms with E-state index in [0.717, 1.165) is 0 Å². The standard InChI is InChI=1S/C13H11N3O3/c1-13(9-4-2-5-10(8-9)16(17)18)15-12-11(19-13)6-3-7-14-12/h2-8H,1H3,(H,14,15). The van der Waals surface area contributed by atoms with Crippen LogP contribution in [0.15, 0.2) is 42.6 Å². The van der Waals surface area contributed by atoms with E-state index in [1.807, 2.05) is 6.92 Å². The van der Waals surface area contributed by atoms with Gasteiger partial charge in [-0.15, -0.1) is 0 Å². The molecular weight excluding hydrogens is 246 g/mol. The summed E-state index contributed by atoms with van der Waals surface area (Å²) in [6.07, 6.45) is 1.66. The Morgan fingerprint density at radius 1 is 1.37 bits per heavy atom. The number of hydrogen-bond acceptors (Lipinski definition) is 5. The maximum absolute atomic E-state index is 10.8. The number of nitro groups is 1. The monoisotopic (exact) mass is 257 g/mol. The SMILES string of the molecule is CC1(c2cccc([N+](=O)[O-])c2)Nc2ncccc2O1. The van der Waals surface area contributed by atoms with Gasteiger partial charge in [0.2, 0.25) is 5.72 Å². The third-order valence-electron chi connectivity index (χ3n) is 3.05. The summed E-state index contributed by atoms with van der Waals surface area (Å²) in [5.74, 6) is 1.27. The van der Waals surface area contributed by atoms with Crippen LogP contribution >= 0.6 is 0 Å². The van der Waals surface area contributed by atoms with Crippen LogP contribution in [0.4, 0.5) is 11.5 Å². The molecule has 3 rings (SSSR count). The molecule has 0 amide bonds. The fourth-order valence-electron chi connectivity index (χ4n) is 2.09. The minimum atomic E-state index is -0.845. The van der Waals surface area contributed by atoms with E-state index < -0.39 is 10.6 Å². The summed E-state index contributed by atoms with van der Waals surface area (Å²) in [6, 6.07) is 9.95. The Kier molecular flexibility index (Phi) is 2.38. The second kappa shape index (κ2) is 3.94. The molecule has 0 saturated carbocycles. The van der Waals surface area contributed by atoms with Gasteiger partial charge >= 0.3 is 0 Å². The van der Waals surface area contributed by atoms with E-state index in [2.05, 4.69) is 10.3 Å². The van der Waals surface area contributed by atoms with Gasteiger partial charge in [0.1, 0.15) is 0 Å². The summed E-state index contributed by atoms with van der Waals surface area (Å²) < 4.78 is 5.82. The molecule has 2 aromatic rings. The van der Waals surface area contributed by atoms with Crippen LogP contribution in [0.1, 0.15) is 12.5 Å². The van der Waals surface area contributed by atoms with Crippen LogP contribution in [-0.4, -0.2) is 9.91 Å². The van der Waals surface area contributed by atoms with Gasteiger partial charge in [-0.1, -0.05) is 12.1 Å². The first kappa shape index (κ1) is 11.5. The predicted molar refractivity (Wildman–Crippen MR) is 68.9 cm³/mol. The number of rotatable bonds is 2. The topological polar surface area (TPSA) is 77.3 Å². The number of non-ortho nitro benzene ring substituents is 1. The Hall–Kier alpha value is -2.63. The molecule has 0 bridgehead atoms. The molecule has 0 saturated heterocycles. The van der Waals surface area contributed by atoms with Crippen molar-refractivity contribution < 1.29 is 9.66 Å². The third-order valence-corrected chi connectivity index (χ3v) is 3.05. The molecule has 6 heteroatoms. The number of benzene rings is 1. The minimum Gasteiger partial charge on any atom is -0.460 e. The molecule has 0 spiro atoms. The Balaban J connectivity index is 2.00. The number of anilines is 1. The predicted octanol–water partition coefficient (Wildman–Crippen LogP) is 2.67. The van der Waals surface area contributed by atoms with Crippen LogP contribution in [0.25, 0.3) is 0 Å². The lowest BCUT2D eigenvalue weighted by Crippen LogP contribution is -2.33. The molecule has 1 aliphatic heterocycles. The van der Waals surface area contributed by atoms with Crippen molar-refractivity contribution in [3.8, 4) is 5.75 Å². The summed E-state index contributed by atoms with van der Waals surface area (Å²) in [7, 11) is 0. The van der Waals surface area contributed by atoms with E-state index in [1.165, 1.54) is 12.1 Å².